The summed E-state index contributed by atoms with van der Waals surface area (Å²) in [5.41, 5.74) is 4.14. The molecule has 3 rings (SSSR count). The average Bonchev–Trinajstić information content (AvgIpc) is 2.56. The van der Waals surface area contributed by atoms with Crippen LogP contribution in [0.1, 0.15) is 5.56 Å². The fourth-order valence-corrected chi connectivity index (χ4v) is 2.24. The van der Waals surface area contributed by atoms with E-state index in [0.717, 1.165) is 22.0 Å². The number of amides is 2. The number of carbonyl (C=O) groups excluding carboxylic acids is 1. The highest BCUT2D eigenvalue weighted by Crippen LogP contribution is 2.22. The molecule has 0 saturated carbocycles. The molecule has 0 atom stereocenters. The van der Waals surface area contributed by atoms with Crippen molar-refractivity contribution in [2.24, 2.45) is 0 Å². The van der Waals surface area contributed by atoms with E-state index < -0.39 is 6.03 Å². The lowest BCUT2D eigenvalue weighted by Gasteiger charge is -2.10. The summed E-state index contributed by atoms with van der Waals surface area (Å²) in [7, 11) is 0. The highest BCUT2D eigenvalue weighted by molar-refractivity contribution is 6.01. The number of carbonyl (C=O) groups is 1. The second-order valence-electron chi connectivity index (χ2n) is 4.86. The van der Waals surface area contributed by atoms with Gasteiger partial charge in [-0.2, -0.15) is 0 Å². The Hall–Kier alpha value is -2.85. The van der Waals surface area contributed by atoms with Crippen molar-refractivity contribution in [3.05, 3.63) is 78.4 Å². The van der Waals surface area contributed by atoms with E-state index in [0.29, 0.717) is 6.61 Å². The molecule has 0 aliphatic carbocycles. The van der Waals surface area contributed by atoms with Crippen LogP contribution in [0.2, 0.25) is 0 Å². The first-order chi connectivity index (χ1) is 10.8. The van der Waals surface area contributed by atoms with Crippen LogP contribution in [0.15, 0.2) is 72.8 Å². The standard InChI is InChI=1S/C18H16N2O2/c21-18(20-22-13-14-7-2-1-3-8-14)19-17-12-6-10-15-9-4-5-11-16(15)17/h1-12H,13H2,(H2,19,20,21). The van der Waals surface area contributed by atoms with Crippen LogP contribution in [-0.4, -0.2) is 6.03 Å². The van der Waals surface area contributed by atoms with Gasteiger partial charge in [-0.1, -0.05) is 66.7 Å². The zero-order valence-corrected chi connectivity index (χ0v) is 12.0. The summed E-state index contributed by atoms with van der Waals surface area (Å²) in [5.74, 6) is 0. The average molecular weight is 292 g/mol. The fourth-order valence-electron chi connectivity index (χ4n) is 2.24. The van der Waals surface area contributed by atoms with Crippen LogP contribution in [0.3, 0.4) is 0 Å². The second kappa shape index (κ2) is 6.74. The first-order valence-electron chi connectivity index (χ1n) is 7.03. The molecular weight excluding hydrogens is 276 g/mol. The van der Waals surface area contributed by atoms with Crippen molar-refractivity contribution < 1.29 is 9.63 Å². The molecule has 0 saturated heterocycles. The lowest BCUT2D eigenvalue weighted by atomic mass is 10.1. The van der Waals surface area contributed by atoms with Crippen molar-refractivity contribution in [1.82, 2.24) is 5.48 Å². The Labute approximate surface area is 128 Å². The van der Waals surface area contributed by atoms with E-state index in [9.17, 15) is 4.79 Å². The van der Waals surface area contributed by atoms with Gasteiger partial charge in [-0.05, 0) is 17.0 Å². The van der Waals surface area contributed by atoms with Crippen molar-refractivity contribution in [2.45, 2.75) is 6.61 Å². The molecule has 2 N–H and O–H groups in total. The molecule has 3 aromatic carbocycles. The Balaban J connectivity index is 1.59. The van der Waals surface area contributed by atoms with Gasteiger partial charge in [-0.15, -0.1) is 0 Å². The molecule has 0 heterocycles. The molecule has 22 heavy (non-hydrogen) atoms. The fraction of sp³-hybridized carbons (Fsp3) is 0.0556. The topological polar surface area (TPSA) is 50.4 Å². The van der Waals surface area contributed by atoms with Gasteiger partial charge in [-0.3, -0.25) is 4.84 Å². The van der Waals surface area contributed by atoms with Gasteiger partial charge in [0.05, 0.1) is 12.3 Å². The van der Waals surface area contributed by atoms with Gasteiger partial charge in [0.15, 0.2) is 0 Å². The monoisotopic (exact) mass is 292 g/mol. The Morgan fingerprint density at radius 1 is 0.864 bits per heavy atom. The van der Waals surface area contributed by atoms with Crippen LogP contribution in [0.25, 0.3) is 10.8 Å². The third-order valence-electron chi connectivity index (χ3n) is 3.28. The first-order valence-corrected chi connectivity index (χ1v) is 7.03. The summed E-state index contributed by atoms with van der Waals surface area (Å²) >= 11 is 0. The highest BCUT2D eigenvalue weighted by atomic mass is 16.7. The third kappa shape index (κ3) is 3.42. The van der Waals surface area contributed by atoms with E-state index in [1.165, 1.54) is 0 Å². The summed E-state index contributed by atoms with van der Waals surface area (Å²) in [5, 5.41) is 4.86. The van der Waals surface area contributed by atoms with Gasteiger partial charge < -0.3 is 5.32 Å². The lowest BCUT2D eigenvalue weighted by molar-refractivity contribution is 0.0536. The summed E-state index contributed by atoms with van der Waals surface area (Å²) in [4.78, 5) is 17.1. The van der Waals surface area contributed by atoms with Gasteiger partial charge >= 0.3 is 6.03 Å². The molecule has 0 spiro atoms. The molecule has 0 unspecified atom stereocenters. The maximum absolute atomic E-state index is 11.9. The Morgan fingerprint density at radius 3 is 2.45 bits per heavy atom. The lowest BCUT2D eigenvalue weighted by Crippen LogP contribution is -2.28. The maximum Gasteiger partial charge on any atom is 0.343 e. The Morgan fingerprint density at radius 2 is 1.59 bits per heavy atom. The number of hydroxylamine groups is 1. The molecule has 2 amide bonds. The molecule has 0 aliphatic heterocycles. The van der Waals surface area contributed by atoms with Crippen LogP contribution in [0.4, 0.5) is 10.5 Å². The minimum absolute atomic E-state index is 0.323. The summed E-state index contributed by atoms with van der Waals surface area (Å²) in [6, 6.07) is 22.9. The Bertz CT molecular complexity index is 767. The molecule has 0 aliphatic rings. The molecular formula is C18H16N2O2. The van der Waals surface area contributed by atoms with E-state index in [2.05, 4.69) is 10.8 Å². The number of nitrogens with one attached hydrogen (secondary N) is 2. The van der Waals surface area contributed by atoms with Crippen molar-refractivity contribution in [2.75, 3.05) is 5.32 Å². The van der Waals surface area contributed by atoms with Crippen LogP contribution in [-0.2, 0) is 11.4 Å². The molecule has 3 aromatic rings. The summed E-state index contributed by atoms with van der Waals surface area (Å²) in [6.07, 6.45) is 0. The smallest absolute Gasteiger partial charge is 0.306 e. The molecule has 0 aromatic heterocycles. The number of hydrogen-bond donors (Lipinski definition) is 2. The van der Waals surface area contributed by atoms with Crippen LogP contribution in [0, 0.1) is 0 Å². The molecule has 0 radical (unpaired) electrons. The minimum Gasteiger partial charge on any atom is -0.306 e. The van der Waals surface area contributed by atoms with Gasteiger partial charge in [0.1, 0.15) is 0 Å². The summed E-state index contributed by atoms with van der Waals surface area (Å²) in [6.45, 7) is 0.323. The largest absolute Gasteiger partial charge is 0.343 e. The number of anilines is 1. The van der Waals surface area contributed by atoms with E-state index >= 15 is 0 Å². The predicted molar refractivity (Wildman–Crippen MR) is 87.3 cm³/mol. The molecule has 0 fully saturated rings. The van der Waals surface area contributed by atoms with Gasteiger partial charge in [0, 0.05) is 5.39 Å². The SMILES string of the molecule is O=C(NOCc1ccccc1)Nc1cccc2ccccc12. The van der Waals surface area contributed by atoms with Gasteiger partial charge in [0.2, 0.25) is 0 Å². The molecule has 0 bridgehead atoms. The van der Waals surface area contributed by atoms with Crippen molar-refractivity contribution >= 4 is 22.5 Å². The van der Waals surface area contributed by atoms with Gasteiger partial charge in [-0.25, -0.2) is 10.3 Å². The van der Waals surface area contributed by atoms with Crippen molar-refractivity contribution in [1.29, 1.82) is 0 Å². The third-order valence-corrected chi connectivity index (χ3v) is 3.28. The predicted octanol–water partition coefficient (Wildman–Crippen LogP) is 4.09. The number of hydrogen-bond acceptors (Lipinski definition) is 2. The van der Waals surface area contributed by atoms with Crippen LogP contribution >= 0.6 is 0 Å². The first kappa shape index (κ1) is 14.1. The molecule has 110 valence electrons. The number of fused-ring (bicyclic) bond motifs is 1. The van der Waals surface area contributed by atoms with Crippen molar-refractivity contribution in [3.63, 3.8) is 0 Å². The normalized spacial score (nSPS) is 10.4. The zero-order valence-electron chi connectivity index (χ0n) is 12.0. The quantitative estimate of drug-likeness (QED) is 0.711. The number of rotatable bonds is 4. The van der Waals surface area contributed by atoms with E-state index in [1.807, 2.05) is 72.8 Å². The molecule has 4 nitrogen and oxygen atoms in total. The maximum atomic E-state index is 11.9. The minimum atomic E-state index is -0.396. The number of urea groups is 1. The molecule has 4 heteroatoms. The van der Waals surface area contributed by atoms with Crippen molar-refractivity contribution in [3.8, 4) is 0 Å². The summed E-state index contributed by atoms with van der Waals surface area (Å²) < 4.78 is 0. The zero-order chi connectivity index (χ0) is 15.2. The highest BCUT2D eigenvalue weighted by Gasteiger charge is 2.05. The van der Waals surface area contributed by atoms with E-state index in [1.54, 1.807) is 0 Å². The van der Waals surface area contributed by atoms with E-state index in [-0.39, 0.29) is 0 Å². The Kier molecular flexibility index (Phi) is 4.32. The number of benzene rings is 3. The van der Waals surface area contributed by atoms with Crippen LogP contribution in [0.5, 0.6) is 0 Å². The van der Waals surface area contributed by atoms with Crippen LogP contribution < -0.4 is 10.8 Å². The van der Waals surface area contributed by atoms with Gasteiger partial charge in [0.25, 0.3) is 0 Å². The second-order valence-corrected chi connectivity index (χ2v) is 4.86. The van der Waals surface area contributed by atoms with E-state index in [4.69, 9.17) is 4.84 Å².